The molecule has 1 saturated carbocycles. The summed E-state index contributed by atoms with van der Waals surface area (Å²) in [5.74, 6) is -2.97. The number of methoxy groups -OCH3 is 1. The van der Waals surface area contributed by atoms with Crippen molar-refractivity contribution >= 4 is 29.6 Å². The van der Waals surface area contributed by atoms with Crippen LogP contribution < -0.4 is 10.6 Å². The van der Waals surface area contributed by atoms with Gasteiger partial charge in [-0.15, -0.1) is 0 Å². The van der Waals surface area contributed by atoms with E-state index in [0.717, 1.165) is 42.6 Å². The molecule has 10 nitrogen and oxygen atoms in total. The normalized spacial score (nSPS) is 17.9. The van der Waals surface area contributed by atoms with Gasteiger partial charge in [-0.25, -0.2) is 4.79 Å². The molecule has 2 aliphatic rings. The van der Waals surface area contributed by atoms with E-state index in [1.54, 1.807) is 48.5 Å². The first-order valence-electron chi connectivity index (χ1n) is 15.5. The van der Waals surface area contributed by atoms with Gasteiger partial charge in [0.2, 0.25) is 11.8 Å². The van der Waals surface area contributed by atoms with Gasteiger partial charge in [-0.05, 0) is 42.4 Å². The lowest BCUT2D eigenvalue weighted by Gasteiger charge is -2.32. The van der Waals surface area contributed by atoms with Crippen molar-refractivity contribution in [2.45, 2.75) is 89.4 Å². The molecule has 0 saturated heterocycles. The topological polar surface area (TPSA) is 142 Å². The second-order valence-corrected chi connectivity index (χ2v) is 12.2. The standard InChI is InChI=1S/C34H43N3O7/c1-21(2)18-27(30(39)35-26(29(38)34(43)44-3)19-22-12-6-4-7-13-22)36-31(40)28(20-23-14-8-5-9-15-23)37-32(41)24-16-10-11-17-25(24)33(37)42/h5,8-11,14-17,21-22,26-29,38H,4,6-7,12-13,18-20H2,1-3H3,(H,35,39)(H,36,40)/t26-,27-,28-,29?/m0/s1. The van der Waals surface area contributed by atoms with E-state index in [1.165, 1.54) is 7.11 Å². The minimum atomic E-state index is -1.56. The van der Waals surface area contributed by atoms with Crippen LogP contribution in [0.15, 0.2) is 54.6 Å². The van der Waals surface area contributed by atoms with Crippen LogP contribution in [0.1, 0.15) is 85.1 Å². The molecule has 0 bridgehead atoms. The van der Waals surface area contributed by atoms with E-state index in [2.05, 4.69) is 10.6 Å². The molecule has 0 radical (unpaired) electrons. The fourth-order valence-corrected chi connectivity index (χ4v) is 6.22. The monoisotopic (exact) mass is 605 g/mol. The highest BCUT2D eigenvalue weighted by molar-refractivity contribution is 6.23. The number of carbonyl (C=O) groups excluding carboxylic acids is 5. The number of rotatable bonds is 13. The van der Waals surface area contributed by atoms with Crippen LogP contribution in [-0.2, 0) is 25.5 Å². The third-order valence-corrected chi connectivity index (χ3v) is 8.52. The second kappa shape index (κ2) is 15.1. The van der Waals surface area contributed by atoms with Crippen molar-refractivity contribution in [2.24, 2.45) is 11.8 Å². The Hall–Kier alpha value is -4.05. The molecule has 4 amide bonds. The number of nitrogens with one attached hydrogen (secondary N) is 2. The summed E-state index contributed by atoms with van der Waals surface area (Å²) in [6.45, 7) is 3.81. The molecule has 1 fully saturated rings. The highest BCUT2D eigenvalue weighted by atomic mass is 16.5. The smallest absolute Gasteiger partial charge is 0.336 e. The number of fused-ring (bicyclic) bond motifs is 1. The van der Waals surface area contributed by atoms with Crippen LogP contribution in [0.2, 0.25) is 0 Å². The number of imide groups is 1. The van der Waals surface area contributed by atoms with Crippen LogP contribution in [0, 0.1) is 11.8 Å². The van der Waals surface area contributed by atoms with Gasteiger partial charge in [0.25, 0.3) is 11.8 Å². The fourth-order valence-electron chi connectivity index (χ4n) is 6.22. The van der Waals surface area contributed by atoms with E-state index in [-0.39, 0.29) is 35.8 Å². The lowest BCUT2D eigenvalue weighted by Crippen LogP contribution is -2.58. The predicted molar refractivity (Wildman–Crippen MR) is 163 cm³/mol. The number of esters is 1. The van der Waals surface area contributed by atoms with Gasteiger partial charge in [0.05, 0.1) is 24.3 Å². The Balaban J connectivity index is 1.58. The zero-order valence-electron chi connectivity index (χ0n) is 25.7. The Labute approximate surface area is 258 Å². The van der Waals surface area contributed by atoms with Crippen molar-refractivity contribution in [3.05, 3.63) is 71.3 Å². The molecule has 10 heteroatoms. The largest absolute Gasteiger partial charge is 0.467 e. The van der Waals surface area contributed by atoms with E-state index < -0.39 is 53.8 Å². The summed E-state index contributed by atoms with van der Waals surface area (Å²) in [7, 11) is 1.18. The summed E-state index contributed by atoms with van der Waals surface area (Å²) in [6, 6.07) is 12.3. The third-order valence-electron chi connectivity index (χ3n) is 8.52. The van der Waals surface area contributed by atoms with Gasteiger partial charge >= 0.3 is 5.97 Å². The summed E-state index contributed by atoms with van der Waals surface area (Å²) in [6.07, 6.45) is 4.25. The maximum absolute atomic E-state index is 14.0. The molecule has 2 aromatic rings. The molecule has 1 aliphatic carbocycles. The number of hydrogen-bond donors (Lipinski definition) is 3. The molecular formula is C34H43N3O7. The number of amides is 4. The van der Waals surface area contributed by atoms with Crippen molar-refractivity contribution in [2.75, 3.05) is 7.11 Å². The van der Waals surface area contributed by atoms with Gasteiger partial charge in [0.1, 0.15) is 12.1 Å². The summed E-state index contributed by atoms with van der Waals surface area (Å²) in [5.41, 5.74) is 1.19. The first-order chi connectivity index (χ1) is 21.1. The van der Waals surface area contributed by atoms with Gasteiger partial charge in [-0.3, -0.25) is 24.1 Å². The van der Waals surface area contributed by atoms with Gasteiger partial charge in [-0.1, -0.05) is 88.4 Å². The van der Waals surface area contributed by atoms with Crippen LogP contribution in [0.4, 0.5) is 0 Å². The first kappa shape index (κ1) is 32.9. The molecule has 0 spiro atoms. The zero-order valence-corrected chi connectivity index (χ0v) is 25.7. The van der Waals surface area contributed by atoms with Crippen LogP contribution in [0.5, 0.6) is 0 Å². The second-order valence-electron chi connectivity index (χ2n) is 12.2. The van der Waals surface area contributed by atoms with E-state index in [4.69, 9.17) is 4.74 Å². The quantitative estimate of drug-likeness (QED) is 0.235. The average Bonchev–Trinajstić information content (AvgIpc) is 3.28. The molecule has 1 heterocycles. The SMILES string of the molecule is COC(=O)C(O)[C@H](CC1CCCCC1)NC(=O)[C@H](CC(C)C)NC(=O)[C@H](Cc1ccccc1)N1C(=O)c2ccccc2C1=O. The average molecular weight is 606 g/mol. The van der Waals surface area contributed by atoms with Crippen molar-refractivity contribution in [1.82, 2.24) is 15.5 Å². The Morgan fingerprint density at radius 1 is 0.886 bits per heavy atom. The zero-order chi connectivity index (χ0) is 31.8. The Kier molecular flexibility index (Phi) is 11.3. The highest BCUT2D eigenvalue weighted by Crippen LogP contribution is 2.29. The minimum absolute atomic E-state index is 0.0137. The van der Waals surface area contributed by atoms with E-state index >= 15 is 0 Å². The van der Waals surface area contributed by atoms with E-state index in [1.807, 2.05) is 19.9 Å². The van der Waals surface area contributed by atoms with Crippen molar-refractivity contribution < 1.29 is 33.8 Å². The molecular weight excluding hydrogens is 562 g/mol. The van der Waals surface area contributed by atoms with Crippen LogP contribution >= 0.6 is 0 Å². The summed E-state index contributed by atoms with van der Waals surface area (Å²) >= 11 is 0. The van der Waals surface area contributed by atoms with E-state index in [9.17, 15) is 29.1 Å². The molecule has 4 rings (SSSR count). The molecule has 1 unspecified atom stereocenters. The minimum Gasteiger partial charge on any atom is -0.467 e. The van der Waals surface area contributed by atoms with Gasteiger partial charge < -0.3 is 20.5 Å². The third kappa shape index (κ3) is 7.91. The Morgan fingerprint density at radius 3 is 2.05 bits per heavy atom. The molecule has 3 N–H and O–H groups in total. The number of carbonyl (C=O) groups is 5. The van der Waals surface area contributed by atoms with Crippen LogP contribution in [0.25, 0.3) is 0 Å². The lowest BCUT2D eigenvalue weighted by atomic mass is 9.83. The van der Waals surface area contributed by atoms with Gasteiger partial charge in [-0.2, -0.15) is 0 Å². The number of aliphatic hydroxyl groups excluding tert-OH is 1. The predicted octanol–water partition coefficient (Wildman–Crippen LogP) is 3.41. The van der Waals surface area contributed by atoms with Crippen LogP contribution in [-0.4, -0.2) is 70.9 Å². The number of nitrogens with zero attached hydrogens (tertiary/aromatic N) is 1. The molecule has 236 valence electrons. The summed E-state index contributed by atoms with van der Waals surface area (Å²) in [4.78, 5) is 67.9. The van der Waals surface area contributed by atoms with E-state index in [0.29, 0.717) is 6.42 Å². The van der Waals surface area contributed by atoms with Crippen molar-refractivity contribution in [1.29, 1.82) is 0 Å². The van der Waals surface area contributed by atoms with Gasteiger partial charge in [0.15, 0.2) is 6.10 Å². The van der Waals surface area contributed by atoms with Crippen LogP contribution in [0.3, 0.4) is 0 Å². The molecule has 2 aromatic carbocycles. The lowest BCUT2D eigenvalue weighted by molar-refractivity contribution is -0.153. The highest BCUT2D eigenvalue weighted by Gasteiger charge is 2.43. The molecule has 44 heavy (non-hydrogen) atoms. The molecule has 1 aliphatic heterocycles. The summed E-state index contributed by atoms with van der Waals surface area (Å²) in [5, 5.41) is 16.4. The number of hydrogen-bond acceptors (Lipinski definition) is 7. The van der Waals surface area contributed by atoms with Crippen molar-refractivity contribution in [3.8, 4) is 0 Å². The van der Waals surface area contributed by atoms with Gasteiger partial charge in [0, 0.05) is 6.42 Å². The molecule has 0 aromatic heterocycles. The maximum atomic E-state index is 14.0. The number of ether oxygens (including phenoxy) is 1. The number of benzene rings is 2. The first-order valence-corrected chi connectivity index (χ1v) is 15.5. The summed E-state index contributed by atoms with van der Waals surface area (Å²) < 4.78 is 4.77. The van der Waals surface area contributed by atoms with Crippen molar-refractivity contribution in [3.63, 3.8) is 0 Å². The fraction of sp³-hybridized carbons (Fsp3) is 0.500. The molecule has 4 atom stereocenters. The Bertz CT molecular complexity index is 1300. The number of aliphatic hydroxyl groups is 1. The Morgan fingerprint density at radius 2 is 1.48 bits per heavy atom. The maximum Gasteiger partial charge on any atom is 0.336 e.